The van der Waals surface area contributed by atoms with E-state index in [9.17, 15) is 23.2 Å². The summed E-state index contributed by atoms with van der Waals surface area (Å²) in [5, 5.41) is 8.89. The number of hydrogen-bond acceptors (Lipinski definition) is 5. The zero-order chi connectivity index (χ0) is 21.8. The Labute approximate surface area is 168 Å². The highest BCUT2D eigenvalue weighted by Crippen LogP contribution is 2.63. The molecule has 0 amide bonds. The Kier molecular flexibility index (Phi) is 5.28. The lowest BCUT2D eigenvalue weighted by atomic mass is 9.48. The van der Waals surface area contributed by atoms with E-state index in [4.69, 9.17) is 14.6 Å². The fourth-order valence-electron chi connectivity index (χ4n) is 5.81. The first-order valence-corrected chi connectivity index (χ1v) is 10.0. The van der Waals surface area contributed by atoms with Crippen LogP contribution in [0.5, 0.6) is 0 Å². The summed E-state index contributed by atoms with van der Waals surface area (Å²) in [6.45, 7) is 7.94. The number of ether oxygens (including phenoxy) is 2. The van der Waals surface area contributed by atoms with Gasteiger partial charge < -0.3 is 14.6 Å². The van der Waals surface area contributed by atoms with Crippen molar-refractivity contribution >= 4 is 17.9 Å². The Hall–Kier alpha value is -1.99. The van der Waals surface area contributed by atoms with E-state index < -0.39 is 46.9 Å². The maximum atomic E-state index is 14.2. The molecule has 0 heterocycles. The second-order valence-corrected chi connectivity index (χ2v) is 9.59. The molecular weight excluding hydrogens is 386 g/mol. The van der Waals surface area contributed by atoms with Gasteiger partial charge in [0, 0.05) is 12.0 Å². The van der Waals surface area contributed by atoms with E-state index >= 15 is 0 Å². The van der Waals surface area contributed by atoms with Gasteiger partial charge in [0.25, 0.3) is 0 Å². The fourth-order valence-corrected chi connectivity index (χ4v) is 5.81. The summed E-state index contributed by atoms with van der Waals surface area (Å²) < 4.78 is 39.3. The van der Waals surface area contributed by atoms with Gasteiger partial charge in [-0.05, 0) is 56.8 Å². The fraction of sp³-hybridized carbons (Fsp3) is 0.762. The van der Waals surface area contributed by atoms with Gasteiger partial charge in [-0.1, -0.05) is 20.4 Å². The van der Waals surface area contributed by atoms with Crippen LogP contribution in [0.3, 0.4) is 0 Å². The van der Waals surface area contributed by atoms with Crippen molar-refractivity contribution in [3.8, 4) is 0 Å². The second kappa shape index (κ2) is 7.06. The standard InChI is InChI=1S/C21H28F2O6/c1-11(2)15(21(22,23)17(25)26)28-18(27)19-6-13-5-14(7-19)9-20(8-13,10-19)29-16(24)12(3)4/h11,13-15H,3,5-10H2,1-2,4H3,(H,25,26). The predicted molar refractivity (Wildman–Crippen MR) is 98.1 cm³/mol. The molecule has 3 atom stereocenters. The van der Waals surface area contributed by atoms with Crippen molar-refractivity contribution in [2.24, 2.45) is 23.2 Å². The van der Waals surface area contributed by atoms with Crippen LogP contribution in [0, 0.1) is 23.2 Å². The number of hydrogen-bond donors (Lipinski definition) is 1. The van der Waals surface area contributed by atoms with Crippen molar-refractivity contribution in [1.82, 2.24) is 0 Å². The molecule has 0 aliphatic heterocycles. The van der Waals surface area contributed by atoms with Crippen LogP contribution in [0.4, 0.5) is 8.78 Å². The molecule has 0 aromatic rings. The minimum absolute atomic E-state index is 0.138. The van der Waals surface area contributed by atoms with Crippen molar-refractivity contribution in [2.45, 2.75) is 76.9 Å². The Morgan fingerprint density at radius 3 is 2.14 bits per heavy atom. The number of rotatable bonds is 7. The van der Waals surface area contributed by atoms with Crippen LogP contribution < -0.4 is 0 Å². The van der Waals surface area contributed by atoms with Gasteiger partial charge in [0.15, 0.2) is 6.10 Å². The topological polar surface area (TPSA) is 89.9 Å². The highest BCUT2D eigenvalue weighted by molar-refractivity contribution is 5.87. The molecule has 162 valence electrons. The van der Waals surface area contributed by atoms with Crippen molar-refractivity contribution < 1.29 is 37.7 Å². The van der Waals surface area contributed by atoms with E-state index in [0.29, 0.717) is 25.7 Å². The summed E-state index contributed by atoms with van der Waals surface area (Å²) in [6, 6.07) is 0. The van der Waals surface area contributed by atoms with Crippen molar-refractivity contribution in [3.63, 3.8) is 0 Å². The zero-order valence-electron chi connectivity index (χ0n) is 17.0. The summed E-state index contributed by atoms with van der Waals surface area (Å²) in [7, 11) is 0. The smallest absolute Gasteiger partial charge is 0.378 e. The molecule has 0 aromatic carbocycles. The summed E-state index contributed by atoms with van der Waals surface area (Å²) in [5.41, 5.74) is -1.58. The van der Waals surface area contributed by atoms with Crippen molar-refractivity contribution in [1.29, 1.82) is 0 Å². The Balaban J connectivity index is 1.85. The number of alkyl halides is 2. The number of esters is 2. The molecule has 4 aliphatic carbocycles. The first-order chi connectivity index (χ1) is 13.3. The lowest BCUT2D eigenvalue weighted by molar-refractivity contribution is -0.226. The zero-order valence-corrected chi connectivity index (χ0v) is 17.0. The molecule has 0 radical (unpaired) electrons. The third-order valence-corrected chi connectivity index (χ3v) is 6.58. The third-order valence-electron chi connectivity index (χ3n) is 6.58. The van der Waals surface area contributed by atoms with E-state index in [0.717, 1.165) is 6.42 Å². The first-order valence-electron chi connectivity index (χ1n) is 10.0. The molecule has 8 heteroatoms. The van der Waals surface area contributed by atoms with E-state index in [1.165, 1.54) is 13.8 Å². The quantitative estimate of drug-likeness (QED) is 0.504. The van der Waals surface area contributed by atoms with Crippen molar-refractivity contribution in [3.05, 3.63) is 12.2 Å². The second-order valence-electron chi connectivity index (χ2n) is 9.59. The minimum Gasteiger partial charge on any atom is -0.477 e. The maximum absolute atomic E-state index is 14.2. The summed E-state index contributed by atoms with van der Waals surface area (Å²) in [4.78, 5) is 36.3. The largest absolute Gasteiger partial charge is 0.477 e. The predicted octanol–water partition coefficient (Wildman–Crippen LogP) is 3.73. The van der Waals surface area contributed by atoms with Gasteiger partial charge in [0.1, 0.15) is 5.60 Å². The lowest BCUT2D eigenvalue weighted by Gasteiger charge is -2.60. The van der Waals surface area contributed by atoms with Gasteiger partial charge in [-0.25, -0.2) is 9.59 Å². The van der Waals surface area contributed by atoms with Crippen LogP contribution in [0.1, 0.15) is 59.3 Å². The maximum Gasteiger partial charge on any atom is 0.378 e. The molecule has 0 saturated heterocycles. The number of aliphatic carboxylic acids is 1. The molecule has 4 bridgehead atoms. The summed E-state index contributed by atoms with van der Waals surface area (Å²) in [5.74, 6) is -8.43. The molecule has 0 spiro atoms. The first kappa shape index (κ1) is 21.7. The molecule has 4 fully saturated rings. The SMILES string of the molecule is C=C(C)C(=O)OC12CC3CC(C1)CC(C(=O)OC(C(C)C)C(F)(F)C(=O)O)(C3)C2. The van der Waals surface area contributed by atoms with Gasteiger partial charge in [0.2, 0.25) is 0 Å². The minimum atomic E-state index is -4.18. The number of carboxylic acid groups (broad SMARTS) is 1. The Morgan fingerprint density at radius 1 is 1.14 bits per heavy atom. The van der Waals surface area contributed by atoms with Crippen LogP contribution >= 0.6 is 0 Å². The normalized spacial score (nSPS) is 34.0. The molecule has 3 unspecified atom stereocenters. The third kappa shape index (κ3) is 3.78. The highest BCUT2D eigenvalue weighted by atomic mass is 19.3. The number of carbonyl (C=O) groups is 3. The van der Waals surface area contributed by atoms with Gasteiger partial charge in [-0.3, -0.25) is 4.79 Å². The van der Waals surface area contributed by atoms with Crippen LogP contribution in [0.25, 0.3) is 0 Å². The molecule has 1 N–H and O–H groups in total. The van der Waals surface area contributed by atoms with E-state index in [-0.39, 0.29) is 23.8 Å². The van der Waals surface area contributed by atoms with Crippen LogP contribution in [0.15, 0.2) is 12.2 Å². The lowest BCUT2D eigenvalue weighted by Crippen LogP contribution is -2.61. The summed E-state index contributed by atoms with van der Waals surface area (Å²) in [6.07, 6.45) is 1.30. The number of carboxylic acids is 1. The number of halogens is 2. The van der Waals surface area contributed by atoms with Crippen LogP contribution in [-0.4, -0.2) is 40.6 Å². The van der Waals surface area contributed by atoms with Gasteiger partial charge in [0.05, 0.1) is 5.41 Å². The molecule has 0 aromatic heterocycles. The van der Waals surface area contributed by atoms with Gasteiger partial charge in [-0.15, -0.1) is 0 Å². The Bertz CT molecular complexity index is 729. The molecule has 6 nitrogen and oxygen atoms in total. The average Bonchev–Trinajstić information content (AvgIpc) is 2.56. The summed E-state index contributed by atoms with van der Waals surface area (Å²) >= 11 is 0. The van der Waals surface area contributed by atoms with E-state index in [1.807, 2.05) is 0 Å². The van der Waals surface area contributed by atoms with Gasteiger partial charge in [-0.2, -0.15) is 8.78 Å². The molecule has 4 aliphatic rings. The van der Waals surface area contributed by atoms with Crippen LogP contribution in [-0.2, 0) is 23.9 Å². The van der Waals surface area contributed by atoms with E-state index in [1.54, 1.807) is 6.92 Å². The van der Waals surface area contributed by atoms with Crippen molar-refractivity contribution in [2.75, 3.05) is 0 Å². The highest BCUT2D eigenvalue weighted by Gasteiger charge is 2.64. The Morgan fingerprint density at radius 2 is 1.69 bits per heavy atom. The monoisotopic (exact) mass is 414 g/mol. The average molecular weight is 414 g/mol. The molecule has 4 saturated carbocycles. The molecular formula is C21H28F2O6. The van der Waals surface area contributed by atoms with E-state index in [2.05, 4.69) is 6.58 Å². The molecule has 29 heavy (non-hydrogen) atoms. The van der Waals surface area contributed by atoms with Crippen LogP contribution in [0.2, 0.25) is 0 Å². The molecule has 4 rings (SSSR count). The van der Waals surface area contributed by atoms with Gasteiger partial charge >= 0.3 is 23.8 Å². The number of carbonyl (C=O) groups excluding carboxylic acids is 2.